The van der Waals surface area contributed by atoms with Gasteiger partial charge in [0.25, 0.3) is 0 Å². The topological polar surface area (TPSA) is 34.2 Å². The summed E-state index contributed by atoms with van der Waals surface area (Å²) in [7, 11) is 2.08. The number of rotatable bonds is 3. The summed E-state index contributed by atoms with van der Waals surface area (Å²) in [5.41, 5.74) is 2.69. The molecule has 1 aromatic rings. The van der Waals surface area contributed by atoms with E-state index in [1.807, 2.05) is 6.20 Å². The van der Waals surface area contributed by atoms with E-state index in [0.29, 0.717) is 12.0 Å². The Morgan fingerprint density at radius 1 is 1.33 bits per heavy atom. The van der Waals surface area contributed by atoms with Crippen LogP contribution in [-0.2, 0) is 4.74 Å². The fraction of sp³-hybridized carbons (Fsp3) is 0.722. The van der Waals surface area contributed by atoms with Gasteiger partial charge in [0.1, 0.15) is 0 Å². The Morgan fingerprint density at radius 2 is 2.14 bits per heavy atom. The Hall–Kier alpha value is -0.930. The molecular weight excluding hydrogens is 260 g/mol. The molecule has 1 N–H and O–H groups in total. The Balaban J connectivity index is 1.79. The monoisotopic (exact) mass is 288 g/mol. The van der Waals surface area contributed by atoms with Crippen molar-refractivity contribution in [3.63, 3.8) is 0 Å². The predicted molar refractivity (Wildman–Crippen MR) is 85.3 cm³/mol. The molecule has 1 saturated carbocycles. The van der Waals surface area contributed by atoms with E-state index in [9.17, 15) is 0 Å². The first-order chi connectivity index (χ1) is 10.2. The van der Waals surface area contributed by atoms with Gasteiger partial charge in [0.05, 0.1) is 5.60 Å². The van der Waals surface area contributed by atoms with Crippen molar-refractivity contribution in [2.45, 2.75) is 63.5 Å². The molecule has 2 unspecified atom stereocenters. The minimum Gasteiger partial charge on any atom is -0.375 e. The molecule has 1 aromatic heterocycles. The quantitative estimate of drug-likeness (QED) is 0.919. The van der Waals surface area contributed by atoms with Crippen molar-refractivity contribution >= 4 is 0 Å². The van der Waals surface area contributed by atoms with Crippen molar-refractivity contribution in [3.05, 3.63) is 29.6 Å². The molecule has 0 amide bonds. The highest BCUT2D eigenvalue weighted by molar-refractivity contribution is 5.23. The maximum Gasteiger partial charge on any atom is 0.0686 e. The second-order valence-corrected chi connectivity index (χ2v) is 6.79. The number of aromatic nitrogens is 1. The summed E-state index contributed by atoms with van der Waals surface area (Å²) in [6, 6.07) is 4.69. The van der Waals surface area contributed by atoms with Crippen LogP contribution in [0.4, 0.5) is 0 Å². The van der Waals surface area contributed by atoms with Crippen molar-refractivity contribution in [3.8, 4) is 0 Å². The normalized spacial score (nSPS) is 26.7. The van der Waals surface area contributed by atoms with Gasteiger partial charge < -0.3 is 10.1 Å². The molecule has 21 heavy (non-hydrogen) atoms. The average Bonchev–Trinajstić information content (AvgIpc) is 2.51. The van der Waals surface area contributed by atoms with Crippen molar-refractivity contribution in [2.75, 3.05) is 13.7 Å². The highest BCUT2D eigenvalue weighted by atomic mass is 16.5. The molecule has 0 aromatic carbocycles. The summed E-state index contributed by atoms with van der Waals surface area (Å²) in [5, 5.41) is 3.56. The molecule has 3 rings (SSSR count). The number of hydrogen-bond acceptors (Lipinski definition) is 3. The van der Waals surface area contributed by atoms with Gasteiger partial charge in [-0.2, -0.15) is 0 Å². The van der Waals surface area contributed by atoms with Crippen LogP contribution < -0.4 is 5.32 Å². The molecule has 2 atom stereocenters. The molecule has 1 saturated heterocycles. The molecule has 0 bridgehead atoms. The van der Waals surface area contributed by atoms with Gasteiger partial charge in [-0.1, -0.05) is 25.3 Å². The van der Waals surface area contributed by atoms with E-state index in [-0.39, 0.29) is 5.60 Å². The first kappa shape index (κ1) is 15.0. The minimum absolute atomic E-state index is 0.173. The number of ether oxygens (including phenoxy) is 1. The zero-order valence-electron chi connectivity index (χ0n) is 13.4. The molecule has 0 radical (unpaired) electrons. The zero-order chi connectivity index (χ0) is 14.7. The van der Waals surface area contributed by atoms with Gasteiger partial charge in [0.2, 0.25) is 0 Å². The molecule has 2 fully saturated rings. The first-order valence-electron chi connectivity index (χ1n) is 8.47. The lowest BCUT2D eigenvalue weighted by Crippen LogP contribution is -2.44. The smallest absolute Gasteiger partial charge is 0.0686 e. The molecule has 3 heteroatoms. The molecular formula is C18H28N2O. The Bertz CT molecular complexity index is 463. The lowest BCUT2D eigenvalue weighted by Gasteiger charge is -2.45. The van der Waals surface area contributed by atoms with E-state index in [0.717, 1.165) is 18.7 Å². The van der Waals surface area contributed by atoms with Crippen molar-refractivity contribution < 1.29 is 4.74 Å². The van der Waals surface area contributed by atoms with Crippen LogP contribution >= 0.6 is 0 Å². The van der Waals surface area contributed by atoms with E-state index in [1.54, 1.807) is 0 Å². The second-order valence-electron chi connectivity index (χ2n) is 6.79. The molecule has 3 nitrogen and oxygen atoms in total. The van der Waals surface area contributed by atoms with Crippen molar-refractivity contribution in [2.24, 2.45) is 5.92 Å². The third-order valence-electron chi connectivity index (χ3n) is 5.46. The molecule has 1 aliphatic carbocycles. The van der Waals surface area contributed by atoms with E-state index in [2.05, 4.69) is 36.4 Å². The SMILES string of the molecule is CNC(c1cccnc1C)C1CCOC2(CCCCC2)C1. The van der Waals surface area contributed by atoms with E-state index >= 15 is 0 Å². The van der Waals surface area contributed by atoms with Gasteiger partial charge in [-0.05, 0) is 57.2 Å². The van der Waals surface area contributed by atoms with E-state index < -0.39 is 0 Å². The van der Waals surface area contributed by atoms with Gasteiger partial charge >= 0.3 is 0 Å². The molecule has 1 spiro atoms. The highest BCUT2D eigenvalue weighted by Gasteiger charge is 2.41. The molecule has 2 heterocycles. The third-order valence-corrected chi connectivity index (χ3v) is 5.46. The number of nitrogens with zero attached hydrogens (tertiary/aromatic N) is 1. The van der Waals surface area contributed by atoms with Crippen LogP contribution in [0.1, 0.15) is 62.2 Å². The zero-order valence-corrected chi connectivity index (χ0v) is 13.4. The highest BCUT2D eigenvalue weighted by Crippen LogP contribution is 2.44. The maximum absolute atomic E-state index is 6.25. The predicted octanol–water partition coefficient (Wildman–Crippen LogP) is 3.78. The van der Waals surface area contributed by atoms with Crippen LogP contribution in [0.2, 0.25) is 0 Å². The van der Waals surface area contributed by atoms with Crippen molar-refractivity contribution in [1.82, 2.24) is 10.3 Å². The van der Waals surface area contributed by atoms with Crippen LogP contribution in [0.15, 0.2) is 18.3 Å². The fourth-order valence-corrected chi connectivity index (χ4v) is 4.37. The number of aryl methyl sites for hydroxylation is 1. The maximum atomic E-state index is 6.25. The lowest BCUT2D eigenvalue weighted by atomic mass is 9.73. The van der Waals surface area contributed by atoms with Gasteiger partial charge in [0, 0.05) is 24.5 Å². The summed E-state index contributed by atoms with van der Waals surface area (Å²) in [5.74, 6) is 0.657. The average molecular weight is 288 g/mol. The summed E-state index contributed by atoms with van der Waals surface area (Å²) in [4.78, 5) is 4.48. The Morgan fingerprint density at radius 3 is 2.86 bits per heavy atom. The van der Waals surface area contributed by atoms with Crippen LogP contribution in [-0.4, -0.2) is 24.2 Å². The van der Waals surface area contributed by atoms with E-state index in [4.69, 9.17) is 4.74 Å². The summed E-state index contributed by atoms with van der Waals surface area (Å²) < 4.78 is 6.25. The second kappa shape index (κ2) is 6.45. The molecule has 2 aliphatic rings. The number of nitrogens with one attached hydrogen (secondary N) is 1. The number of hydrogen-bond donors (Lipinski definition) is 1. The van der Waals surface area contributed by atoms with E-state index in [1.165, 1.54) is 44.1 Å². The van der Waals surface area contributed by atoms with Crippen LogP contribution in [0.5, 0.6) is 0 Å². The fourth-order valence-electron chi connectivity index (χ4n) is 4.37. The van der Waals surface area contributed by atoms with Crippen LogP contribution in [0.3, 0.4) is 0 Å². The Kier molecular flexibility index (Phi) is 4.60. The number of pyridine rings is 1. The standard InChI is InChI=1S/C18H28N2O/c1-14-16(7-6-11-20-14)17(19-2)15-8-12-21-18(13-15)9-4-3-5-10-18/h6-7,11,15,17,19H,3-5,8-10,12-13H2,1-2H3. The van der Waals surface area contributed by atoms with Crippen molar-refractivity contribution in [1.29, 1.82) is 0 Å². The summed E-state index contributed by atoms with van der Waals surface area (Å²) in [6.07, 6.45) is 10.8. The first-order valence-corrected chi connectivity index (χ1v) is 8.47. The van der Waals surface area contributed by atoms with Crippen LogP contribution in [0.25, 0.3) is 0 Å². The molecule has 116 valence electrons. The summed E-state index contributed by atoms with van der Waals surface area (Å²) >= 11 is 0. The lowest BCUT2D eigenvalue weighted by molar-refractivity contribution is -0.121. The van der Waals surface area contributed by atoms with Gasteiger partial charge in [-0.15, -0.1) is 0 Å². The van der Waals surface area contributed by atoms with Crippen LogP contribution in [0, 0.1) is 12.8 Å². The third kappa shape index (κ3) is 3.14. The minimum atomic E-state index is 0.173. The summed E-state index contributed by atoms with van der Waals surface area (Å²) in [6.45, 7) is 3.04. The largest absolute Gasteiger partial charge is 0.375 e. The van der Waals surface area contributed by atoms with Gasteiger partial charge in [0.15, 0.2) is 0 Å². The van der Waals surface area contributed by atoms with Gasteiger partial charge in [-0.3, -0.25) is 4.98 Å². The Labute approximate surface area is 128 Å². The van der Waals surface area contributed by atoms with Gasteiger partial charge in [-0.25, -0.2) is 0 Å². The molecule has 1 aliphatic heterocycles.